The number of amides is 1. The van der Waals surface area contributed by atoms with Crippen LogP contribution < -0.4 is 11.1 Å². The molecule has 3 rings (SSSR count). The van der Waals surface area contributed by atoms with Crippen LogP contribution in [0.2, 0.25) is 0 Å². The summed E-state index contributed by atoms with van der Waals surface area (Å²) in [5.41, 5.74) is 7.00. The van der Waals surface area contributed by atoms with Crippen molar-refractivity contribution >= 4 is 5.91 Å². The summed E-state index contributed by atoms with van der Waals surface area (Å²) in [5, 5.41) is 2.90. The number of rotatable bonds is 5. The normalized spacial score (nSPS) is 16.8. The standard InChI is InChI=1S/C17H23N5O2/c1-12-19-6-7-22(12)15-3-2-13(10-20-15)11-21-17(23)16(18)14-4-8-24-9-5-14/h2-3,6-7,10,14,16H,4-5,8-9,11,18H2,1H3,(H,21,23). The van der Waals surface area contributed by atoms with Crippen LogP contribution >= 0.6 is 0 Å². The molecular weight excluding hydrogens is 306 g/mol. The van der Waals surface area contributed by atoms with Crippen molar-refractivity contribution in [2.75, 3.05) is 13.2 Å². The van der Waals surface area contributed by atoms with Crippen LogP contribution in [0.5, 0.6) is 0 Å². The Hall–Kier alpha value is -2.25. The molecule has 0 saturated carbocycles. The van der Waals surface area contributed by atoms with Gasteiger partial charge in [0.25, 0.3) is 0 Å². The molecule has 1 unspecified atom stereocenters. The Bertz CT molecular complexity index is 677. The average Bonchev–Trinajstić information content (AvgIpc) is 3.06. The molecule has 2 aromatic rings. The van der Waals surface area contributed by atoms with E-state index in [4.69, 9.17) is 10.5 Å². The lowest BCUT2D eigenvalue weighted by Gasteiger charge is -2.26. The molecule has 3 N–H and O–H groups in total. The second-order valence-electron chi connectivity index (χ2n) is 6.06. The van der Waals surface area contributed by atoms with Crippen molar-refractivity contribution < 1.29 is 9.53 Å². The largest absolute Gasteiger partial charge is 0.381 e. The SMILES string of the molecule is Cc1nccn1-c1ccc(CNC(=O)C(N)C2CCOCC2)cn1. The Kier molecular flexibility index (Phi) is 5.22. The van der Waals surface area contributed by atoms with Gasteiger partial charge in [-0.25, -0.2) is 9.97 Å². The lowest BCUT2D eigenvalue weighted by atomic mass is 9.92. The molecule has 0 spiro atoms. The Balaban J connectivity index is 1.54. The Labute approximate surface area is 141 Å². The second kappa shape index (κ2) is 7.55. The van der Waals surface area contributed by atoms with Crippen molar-refractivity contribution in [2.45, 2.75) is 32.4 Å². The third-order valence-electron chi connectivity index (χ3n) is 4.43. The van der Waals surface area contributed by atoms with Gasteiger partial charge in [-0.3, -0.25) is 9.36 Å². The molecule has 1 saturated heterocycles. The molecule has 7 nitrogen and oxygen atoms in total. The molecule has 0 bridgehead atoms. The van der Waals surface area contributed by atoms with E-state index in [1.165, 1.54) is 0 Å². The molecule has 128 valence electrons. The maximum absolute atomic E-state index is 12.2. The molecule has 1 amide bonds. The maximum Gasteiger partial charge on any atom is 0.237 e. The third-order valence-corrected chi connectivity index (χ3v) is 4.43. The molecule has 3 heterocycles. The van der Waals surface area contributed by atoms with Gasteiger partial charge in [-0.05, 0) is 37.3 Å². The van der Waals surface area contributed by atoms with Crippen LogP contribution in [0.3, 0.4) is 0 Å². The monoisotopic (exact) mass is 329 g/mol. The number of imidazole rings is 1. The Morgan fingerprint density at radius 3 is 2.83 bits per heavy atom. The Morgan fingerprint density at radius 1 is 1.42 bits per heavy atom. The zero-order chi connectivity index (χ0) is 16.9. The molecule has 1 aliphatic rings. The summed E-state index contributed by atoms with van der Waals surface area (Å²) >= 11 is 0. The molecule has 1 atom stereocenters. The van der Waals surface area contributed by atoms with Crippen LogP contribution in [0.15, 0.2) is 30.7 Å². The molecule has 0 aromatic carbocycles. The molecule has 1 aliphatic heterocycles. The van der Waals surface area contributed by atoms with Crippen LogP contribution in [-0.4, -0.2) is 39.7 Å². The minimum absolute atomic E-state index is 0.114. The minimum atomic E-state index is -0.477. The van der Waals surface area contributed by atoms with E-state index in [0.717, 1.165) is 30.0 Å². The minimum Gasteiger partial charge on any atom is -0.381 e. The van der Waals surface area contributed by atoms with Crippen LogP contribution in [-0.2, 0) is 16.1 Å². The van der Waals surface area contributed by atoms with Gasteiger partial charge < -0.3 is 15.8 Å². The zero-order valence-electron chi connectivity index (χ0n) is 13.8. The Morgan fingerprint density at radius 2 is 2.21 bits per heavy atom. The van der Waals surface area contributed by atoms with Gasteiger partial charge in [-0.2, -0.15) is 0 Å². The first-order chi connectivity index (χ1) is 11.6. The zero-order valence-corrected chi connectivity index (χ0v) is 13.8. The van der Waals surface area contributed by atoms with Crippen molar-refractivity contribution in [1.29, 1.82) is 0 Å². The van der Waals surface area contributed by atoms with Crippen molar-refractivity contribution in [3.63, 3.8) is 0 Å². The van der Waals surface area contributed by atoms with Crippen LogP contribution in [0.4, 0.5) is 0 Å². The first kappa shape index (κ1) is 16.6. The fraction of sp³-hybridized carbons (Fsp3) is 0.471. The summed E-state index contributed by atoms with van der Waals surface area (Å²) in [4.78, 5) is 20.8. The average molecular weight is 329 g/mol. The summed E-state index contributed by atoms with van der Waals surface area (Å²) < 4.78 is 7.21. The molecule has 24 heavy (non-hydrogen) atoms. The summed E-state index contributed by atoms with van der Waals surface area (Å²) in [6.45, 7) is 3.72. The predicted molar refractivity (Wildman–Crippen MR) is 89.5 cm³/mol. The van der Waals surface area contributed by atoms with E-state index in [-0.39, 0.29) is 11.8 Å². The van der Waals surface area contributed by atoms with Crippen molar-refractivity contribution in [1.82, 2.24) is 19.9 Å². The molecule has 0 aliphatic carbocycles. The maximum atomic E-state index is 12.2. The quantitative estimate of drug-likeness (QED) is 0.851. The summed E-state index contributed by atoms with van der Waals surface area (Å²) in [6.07, 6.45) is 7.05. The van der Waals surface area contributed by atoms with Crippen molar-refractivity contribution in [2.24, 2.45) is 11.7 Å². The number of ether oxygens (including phenoxy) is 1. The number of carbonyl (C=O) groups excluding carboxylic acids is 1. The van der Waals surface area contributed by atoms with Crippen LogP contribution in [0.25, 0.3) is 5.82 Å². The number of carbonyl (C=O) groups is 1. The number of nitrogens with two attached hydrogens (primary N) is 1. The lowest BCUT2D eigenvalue weighted by molar-refractivity contribution is -0.124. The summed E-state index contributed by atoms with van der Waals surface area (Å²) in [7, 11) is 0. The highest BCUT2D eigenvalue weighted by Gasteiger charge is 2.26. The number of hydrogen-bond acceptors (Lipinski definition) is 5. The second-order valence-corrected chi connectivity index (χ2v) is 6.06. The smallest absolute Gasteiger partial charge is 0.237 e. The topological polar surface area (TPSA) is 95.1 Å². The highest BCUT2D eigenvalue weighted by molar-refractivity contribution is 5.81. The van der Waals surface area contributed by atoms with Gasteiger partial charge in [0.15, 0.2) is 0 Å². The first-order valence-electron chi connectivity index (χ1n) is 8.21. The number of aromatic nitrogens is 3. The summed E-state index contributed by atoms with van der Waals surface area (Å²) in [6, 6.07) is 3.38. The van der Waals surface area contributed by atoms with E-state index in [1.54, 1.807) is 12.4 Å². The number of hydrogen-bond donors (Lipinski definition) is 2. The van der Waals surface area contributed by atoms with Crippen molar-refractivity contribution in [3.8, 4) is 5.82 Å². The van der Waals surface area contributed by atoms with Crippen LogP contribution in [0, 0.1) is 12.8 Å². The van der Waals surface area contributed by atoms with Gasteiger partial charge in [-0.1, -0.05) is 6.07 Å². The van der Waals surface area contributed by atoms with Gasteiger partial charge in [0.1, 0.15) is 11.6 Å². The molecular formula is C17H23N5O2. The fourth-order valence-corrected chi connectivity index (χ4v) is 2.88. The van der Waals surface area contributed by atoms with E-state index in [0.29, 0.717) is 19.8 Å². The van der Waals surface area contributed by atoms with Gasteiger partial charge >= 0.3 is 0 Å². The lowest BCUT2D eigenvalue weighted by Crippen LogP contribution is -2.46. The van der Waals surface area contributed by atoms with E-state index in [2.05, 4.69) is 15.3 Å². The number of nitrogens with one attached hydrogen (secondary N) is 1. The van der Waals surface area contributed by atoms with Crippen LogP contribution in [0.1, 0.15) is 24.2 Å². The van der Waals surface area contributed by atoms with E-state index in [9.17, 15) is 4.79 Å². The number of pyridine rings is 1. The van der Waals surface area contributed by atoms with E-state index in [1.807, 2.05) is 29.8 Å². The van der Waals surface area contributed by atoms with E-state index < -0.39 is 6.04 Å². The fourth-order valence-electron chi connectivity index (χ4n) is 2.88. The van der Waals surface area contributed by atoms with Gasteiger partial charge in [-0.15, -0.1) is 0 Å². The summed E-state index contributed by atoms with van der Waals surface area (Å²) in [5.74, 6) is 1.77. The van der Waals surface area contributed by atoms with Gasteiger partial charge in [0.2, 0.25) is 5.91 Å². The predicted octanol–water partition coefficient (Wildman–Crippen LogP) is 0.946. The first-order valence-corrected chi connectivity index (χ1v) is 8.21. The molecule has 7 heteroatoms. The molecule has 2 aromatic heterocycles. The molecule has 0 radical (unpaired) electrons. The number of nitrogens with zero attached hydrogens (tertiary/aromatic N) is 3. The van der Waals surface area contributed by atoms with E-state index >= 15 is 0 Å². The third kappa shape index (κ3) is 3.80. The van der Waals surface area contributed by atoms with Crippen molar-refractivity contribution in [3.05, 3.63) is 42.1 Å². The number of aryl methyl sites for hydroxylation is 1. The van der Waals surface area contributed by atoms with Gasteiger partial charge in [0, 0.05) is 38.3 Å². The molecule has 1 fully saturated rings. The highest BCUT2D eigenvalue weighted by atomic mass is 16.5. The highest BCUT2D eigenvalue weighted by Crippen LogP contribution is 2.17. The van der Waals surface area contributed by atoms with Gasteiger partial charge in [0.05, 0.1) is 6.04 Å².